The highest BCUT2D eigenvalue weighted by atomic mass is 16.5. The fraction of sp³-hybridized carbons (Fsp3) is 0.818. The molecule has 0 amide bonds. The summed E-state index contributed by atoms with van der Waals surface area (Å²) in [6, 6.07) is 0. The van der Waals surface area contributed by atoms with Crippen molar-refractivity contribution < 1.29 is 24.5 Å². The summed E-state index contributed by atoms with van der Waals surface area (Å²) in [5, 5.41) is 21.4. The highest BCUT2D eigenvalue weighted by molar-refractivity contribution is 5.72. The predicted molar refractivity (Wildman–Crippen MR) is 150 cm³/mol. The molecule has 5 heteroatoms. The first kappa shape index (κ1) is 29.4. The Morgan fingerprint density at radius 3 is 2.32 bits per heavy atom. The average molecular weight is 529 g/mol. The lowest BCUT2D eigenvalue weighted by Gasteiger charge is -2.63. The third-order valence-electron chi connectivity index (χ3n) is 12.7. The molecule has 0 bridgehead atoms. The van der Waals surface area contributed by atoms with E-state index in [0.29, 0.717) is 17.8 Å². The highest BCUT2D eigenvalue weighted by Crippen LogP contribution is 2.72. The Morgan fingerprint density at radius 1 is 1.05 bits per heavy atom. The van der Waals surface area contributed by atoms with Crippen molar-refractivity contribution in [3.05, 3.63) is 23.3 Å². The van der Waals surface area contributed by atoms with Gasteiger partial charge in [0.25, 0.3) is 0 Å². The SMILES string of the molecule is C=C(CC[C@@H](C)[C@H]1CC[C@@]2(C)C3=C(C[C@H](O)[C@]12C)[C@@]1(C)CC[C@@H](OC(C)=O)C(C)(C)[C@H]1CC3)[C@H](C)C(=O)O. The second-order valence-electron chi connectivity index (χ2n) is 14.6. The molecule has 2 fully saturated rings. The van der Waals surface area contributed by atoms with Gasteiger partial charge in [-0.15, -0.1) is 0 Å². The lowest BCUT2D eigenvalue weighted by Crippen LogP contribution is -2.58. The molecular weight excluding hydrogens is 476 g/mol. The largest absolute Gasteiger partial charge is 0.481 e. The monoisotopic (exact) mass is 528 g/mol. The van der Waals surface area contributed by atoms with Gasteiger partial charge in [-0.05, 0) is 93.3 Å². The van der Waals surface area contributed by atoms with Gasteiger partial charge < -0.3 is 14.9 Å². The lowest BCUT2D eigenvalue weighted by atomic mass is 9.42. The number of allylic oxidation sites excluding steroid dienone is 1. The topological polar surface area (TPSA) is 83.8 Å². The first-order valence-corrected chi connectivity index (χ1v) is 15.0. The summed E-state index contributed by atoms with van der Waals surface area (Å²) in [6.45, 7) is 21.4. The van der Waals surface area contributed by atoms with Crippen LogP contribution < -0.4 is 0 Å². The van der Waals surface area contributed by atoms with Crippen molar-refractivity contribution in [2.75, 3.05) is 0 Å². The minimum Gasteiger partial charge on any atom is -0.481 e. The number of carbonyl (C=O) groups excluding carboxylic acids is 1. The van der Waals surface area contributed by atoms with Crippen molar-refractivity contribution in [1.29, 1.82) is 0 Å². The van der Waals surface area contributed by atoms with E-state index >= 15 is 0 Å². The summed E-state index contributed by atoms with van der Waals surface area (Å²) in [5.41, 5.74) is 3.60. The molecule has 9 atom stereocenters. The Kier molecular flexibility index (Phi) is 7.56. The normalized spacial score (nSPS) is 41.4. The number of carboxylic acid groups (broad SMARTS) is 1. The molecule has 5 nitrogen and oxygen atoms in total. The first-order valence-electron chi connectivity index (χ1n) is 15.0. The van der Waals surface area contributed by atoms with Gasteiger partial charge in [0.1, 0.15) is 6.10 Å². The van der Waals surface area contributed by atoms with E-state index in [1.54, 1.807) is 12.5 Å². The Bertz CT molecular complexity index is 1020. The zero-order valence-corrected chi connectivity index (χ0v) is 25.2. The zero-order chi connectivity index (χ0) is 28.4. The van der Waals surface area contributed by atoms with Crippen LogP contribution in [0.5, 0.6) is 0 Å². The molecule has 2 saturated carbocycles. The Balaban J connectivity index is 1.62. The number of ether oxygens (including phenoxy) is 1. The van der Waals surface area contributed by atoms with Crippen LogP contribution in [0.2, 0.25) is 0 Å². The highest BCUT2D eigenvalue weighted by Gasteiger charge is 2.66. The summed E-state index contributed by atoms with van der Waals surface area (Å²) in [6.07, 6.45) is 8.18. The molecule has 0 spiro atoms. The molecule has 0 radical (unpaired) electrons. The van der Waals surface area contributed by atoms with Gasteiger partial charge in [-0.3, -0.25) is 9.59 Å². The van der Waals surface area contributed by atoms with E-state index < -0.39 is 18.0 Å². The van der Waals surface area contributed by atoms with Crippen LogP contribution in [0.4, 0.5) is 0 Å². The van der Waals surface area contributed by atoms with Gasteiger partial charge >= 0.3 is 11.9 Å². The van der Waals surface area contributed by atoms with E-state index in [4.69, 9.17) is 4.74 Å². The molecule has 0 saturated heterocycles. The number of aliphatic hydroxyl groups excluding tert-OH is 1. The second kappa shape index (κ2) is 9.78. The molecule has 0 aromatic rings. The number of hydrogen-bond acceptors (Lipinski definition) is 4. The number of hydrogen-bond donors (Lipinski definition) is 2. The number of esters is 1. The molecule has 0 aromatic heterocycles. The number of aliphatic hydroxyl groups is 1. The van der Waals surface area contributed by atoms with Crippen molar-refractivity contribution in [3.63, 3.8) is 0 Å². The van der Waals surface area contributed by atoms with Crippen LogP contribution in [0.1, 0.15) is 113 Å². The standard InChI is InChI=1S/C33H52O5/c1-19(21(3)29(36)37)10-11-20(2)23-14-17-32(8)24-12-13-26-30(5,6)28(38-22(4)34)15-16-31(26,7)25(24)18-27(35)33(23,32)9/h20-21,23,26-28,35H,1,10-18H2,2-9H3,(H,36,37)/t20-,21+,23-,26-,27+,28-,31-,32+,33+/m1/s1. The molecule has 4 rings (SSSR count). The van der Waals surface area contributed by atoms with E-state index in [1.807, 2.05) is 0 Å². The Labute approximate surface area is 230 Å². The molecule has 0 unspecified atom stereocenters. The van der Waals surface area contributed by atoms with Gasteiger partial charge in [0.15, 0.2) is 0 Å². The molecular formula is C33H52O5. The third-order valence-corrected chi connectivity index (χ3v) is 12.7. The molecule has 214 valence electrons. The first-order chi connectivity index (χ1) is 17.5. The molecule has 0 aromatic carbocycles. The molecule has 2 N–H and O–H groups in total. The number of rotatable bonds is 7. The van der Waals surface area contributed by atoms with Gasteiger partial charge in [0, 0.05) is 17.8 Å². The minimum absolute atomic E-state index is 0.0213. The Morgan fingerprint density at radius 2 is 1.71 bits per heavy atom. The van der Waals surface area contributed by atoms with Crippen LogP contribution in [0, 0.1) is 45.3 Å². The van der Waals surface area contributed by atoms with Crippen LogP contribution in [0.3, 0.4) is 0 Å². The van der Waals surface area contributed by atoms with E-state index in [1.165, 1.54) is 12.5 Å². The van der Waals surface area contributed by atoms with Gasteiger partial charge in [0.2, 0.25) is 0 Å². The molecule has 4 aliphatic carbocycles. The van der Waals surface area contributed by atoms with Gasteiger partial charge in [-0.1, -0.05) is 64.8 Å². The lowest BCUT2D eigenvalue weighted by molar-refractivity contribution is -0.168. The molecule has 4 aliphatic rings. The fourth-order valence-corrected chi connectivity index (χ4v) is 10.0. The van der Waals surface area contributed by atoms with Crippen molar-refractivity contribution in [1.82, 2.24) is 0 Å². The quantitative estimate of drug-likeness (QED) is 0.267. The van der Waals surface area contributed by atoms with Gasteiger partial charge in [0.05, 0.1) is 12.0 Å². The number of carboxylic acids is 1. The number of carbonyl (C=O) groups is 2. The van der Waals surface area contributed by atoms with Crippen molar-refractivity contribution in [2.45, 2.75) is 125 Å². The average Bonchev–Trinajstić information content (AvgIpc) is 3.12. The van der Waals surface area contributed by atoms with Crippen molar-refractivity contribution in [2.24, 2.45) is 45.3 Å². The minimum atomic E-state index is -0.806. The van der Waals surface area contributed by atoms with Crippen molar-refractivity contribution in [3.8, 4) is 0 Å². The maximum absolute atomic E-state index is 12.0. The van der Waals surface area contributed by atoms with Crippen molar-refractivity contribution >= 4 is 11.9 Å². The summed E-state index contributed by atoms with van der Waals surface area (Å²) in [5.74, 6) is -0.307. The zero-order valence-electron chi connectivity index (χ0n) is 25.2. The predicted octanol–water partition coefficient (Wildman–Crippen LogP) is 7.33. The molecule has 0 heterocycles. The van der Waals surface area contributed by atoms with E-state index in [-0.39, 0.29) is 33.7 Å². The van der Waals surface area contributed by atoms with Crippen LogP contribution >= 0.6 is 0 Å². The van der Waals surface area contributed by atoms with Crippen LogP contribution in [0.15, 0.2) is 23.3 Å². The van der Waals surface area contributed by atoms with E-state index in [2.05, 4.69) is 48.1 Å². The Hall–Kier alpha value is -1.62. The van der Waals surface area contributed by atoms with Crippen LogP contribution in [-0.4, -0.2) is 34.4 Å². The summed E-state index contributed by atoms with van der Waals surface area (Å²) in [4.78, 5) is 23.3. The summed E-state index contributed by atoms with van der Waals surface area (Å²) in [7, 11) is 0. The number of fused-ring (bicyclic) bond motifs is 4. The van der Waals surface area contributed by atoms with E-state index in [9.17, 15) is 19.8 Å². The smallest absolute Gasteiger partial charge is 0.310 e. The summed E-state index contributed by atoms with van der Waals surface area (Å²) < 4.78 is 5.83. The fourth-order valence-electron chi connectivity index (χ4n) is 10.0. The second-order valence-corrected chi connectivity index (χ2v) is 14.6. The van der Waals surface area contributed by atoms with Crippen LogP contribution in [0.25, 0.3) is 0 Å². The third kappa shape index (κ3) is 4.21. The molecule has 38 heavy (non-hydrogen) atoms. The van der Waals surface area contributed by atoms with Gasteiger partial charge in [-0.2, -0.15) is 0 Å². The molecule has 0 aliphatic heterocycles. The van der Waals surface area contributed by atoms with Gasteiger partial charge in [-0.25, -0.2) is 0 Å². The maximum atomic E-state index is 12.0. The summed E-state index contributed by atoms with van der Waals surface area (Å²) >= 11 is 0. The van der Waals surface area contributed by atoms with Crippen LogP contribution in [-0.2, 0) is 14.3 Å². The van der Waals surface area contributed by atoms with E-state index in [0.717, 1.165) is 63.4 Å². The maximum Gasteiger partial charge on any atom is 0.310 e. The number of aliphatic carboxylic acids is 1.